The Kier molecular flexibility index (Phi) is 6.87. The van der Waals surface area contributed by atoms with Gasteiger partial charge in [-0.15, -0.1) is 0 Å². The van der Waals surface area contributed by atoms with E-state index >= 15 is 0 Å². The summed E-state index contributed by atoms with van der Waals surface area (Å²) in [5.41, 5.74) is 0. The fourth-order valence-corrected chi connectivity index (χ4v) is 7.68. The van der Waals surface area contributed by atoms with Crippen molar-refractivity contribution in [2.45, 2.75) is 43.1 Å². The molecule has 152 valence electrons. The molecule has 1 aromatic carbocycles. The van der Waals surface area contributed by atoms with Crippen LogP contribution >= 0.6 is 0 Å². The summed E-state index contributed by atoms with van der Waals surface area (Å²) in [4.78, 5) is 11.0. The molecular formula is C17H26N2O6S2. The molecule has 2 rings (SSSR count). The van der Waals surface area contributed by atoms with Gasteiger partial charge in [0.15, 0.2) is 19.7 Å². The molecule has 1 aromatic rings. The molecule has 1 fully saturated rings. The summed E-state index contributed by atoms with van der Waals surface area (Å²) < 4.78 is 55.6. The van der Waals surface area contributed by atoms with Crippen LogP contribution in [0.25, 0.3) is 0 Å². The molecule has 1 heterocycles. The molecule has 0 spiro atoms. The maximum Gasteiger partial charge on any atom is 0.216 e. The van der Waals surface area contributed by atoms with Gasteiger partial charge in [0.2, 0.25) is 5.91 Å². The molecule has 0 unspecified atom stereocenters. The molecule has 10 heteroatoms. The third kappa shape index (κ3) is 5.91. The molecule has 0 radical (unpaired) electrons. The first-order valence-electron chi connectivity index (χ1n) is 8.70. The highest BCUT2D eigenvalue weighted by Gasteiger charge is 2.45. The van der Waals surface area contributed by atoms with E-state index in [4.69, 9.17) is 4.74 Å². The maximum atomic E-state index is 13.0. The lowest BCUT2D eigenvalue weighted by Crippen LogP contribution is -2.45. The van der Waals surface area contributed by atoms with Gasteiger partial charge in [0.05, 0.1) is 27.8 Å². The predicted octanol–water partition coefficient (Wildman–Crippen LogP) is 0.139. The first kappa shape index (κ1) is 21.6. The largest absolute Gasteiger partial charge is 0.491 e. The van der Waals surface area contributed by atoms with E-state index in [1.165, 1.54) is 19.1 Å². The van der Waals surface area contributed by atoms with E-state index in [1.807, 2.05) is 13.8 Å². The van der Waals surface area contributed by atoms with E-state index in [-0.39, 0.29) is 29.2 Å². The number of amides is 1. The summed E-state index contributed by atoms with van der Waals surface area (Å²) in [5, 5.41) is 4.47. The molecule has 0 aromatic heterocycles. The van der Waals surface area contributed by atoms with E-state index in [9.17, 15) is 21.6 Å². The van der Waals surface area contributed by atoms with Crippen LogP contribution in [-0.4, -0.2) is 64.7 Å². The Morgan fingerprint density at radius 2 is 1.81 bits per heavy atom. The van der Waals surface area contributed by atoms with Crippen LogP contribution in [0.2, 0.25) is 0 Å². The lowest BCUT2D eigenvalue weighted by atomic mass is 10.2. The first-order valence-corrected chi connectivity index (χ1v) is 12.1. The van der Waals surface area contributed by atoms with Gasteiger partial charge in [0.25, 0.3) is 0 Å². The van der Waals surface area contributed by atoms with Crippen LogP contribution in [0.4, 0.5) is 0 Å². The fraction of sp³-hybridized carbons (Fsp3) is 0.588. The van der Waals surface area contributed by atoms with Crippen molar-refractivity contribution in [1.29, 1.82) is 0 Å². The molecule has 1 saturated heterocycles. The highest BCUT2D eigenvalue weighted by molar-refractivity contribution is 7.96. The Labute approximate surface area is 160 Å². The van der Waals surface area contributed by atoms with Gasteiger partial charge in [0, 0.05) is 26.1 Å². The Bertz CT molecular complexity index is 863. The third-order valence-electron chi connectivity index (χ3n) is 4.13. The van der Waals surface area contributed by atoms with Crippen LogP contribution in [0, 0.1) is 0 Å². The molecule has 1 aliphatic rings. The standard InChI is InChI=1S/C17H26N2O6S2/c1-12(2)25-14-4-6-15(7-5-14)27(23,24)17-11-26(21,22)10-16(17)19-9-8-18-13(3)20/h4-7,12,16-17,19H,8-11H2,1-3H3,(H,18,20)/t16-,17-/m0/s1. The molecule has 1 aliphatic heterocycles. The van der Waals surface area contributed by atoms with Crippen LogP contribution in [0.1, 0.15) is 20.8 Å². The van der Waals surface area contributed by atoms with Crippen LogP contribution in [0.15, 0.2) is 29.2 Å². The average Bonchev–Trinajstić information content (AvgIpc) is 2.87. The summed E-state index contributed by atoms with van der Waals surface area (Å²) in [7, 11) is -7.31. The summed E-state index contributed by atoms with van der Waals surface area (Å²) in [5.74, 6) is -0.320. The zero-order chi connectivity index (χ0) is 20.2. The number of sulfone groups is 2. The number of rotatable bonds is 8. The number of benzene rings is 1. The molecule has 8 nitrogen and oxygen atoms in total. The number of hydrogen-bond acceptors (Lipinski definition) is 7. The normalized spacial score (nSPS) is 21.9. The quantitative estimate of drug-likeness (QED) is 0.576. The van der Waals surface area contributed by atoms with Crippen LogP contribution in [-0.2, 0) is 24.5 Å². The highest BCUT2D eigenvalue weighted by atomic mass is 32.2. The molecule has 0 aliphatic carbocycles. The summed E-state index contributed by atoms with van der Waals surface area (Å²) in [6.45, 7) is 5.68. The zero-order valence-electron chi connectivity index (χ0n) is 15.6. The minimum Gasteiger partial charge on any atom is -0.491 e. The number of carbonyl (C=O) groups excluding carboxylic acids is 1. The molecular weight excluding hydrogens is 392 g/mol. The molecule has 0 bridgehead atoms. The van der Waals surface area contributed by atoms with Gasteiger partial charge < -0.3 is 15.4 Å². The van der Waals surface area contributed by atoms with Crippen molar-refractivity contribution in [1.82, 2.24) is 10.6 Å². The van der Waals surface area contributed by atoms with Crippen molar-refractivity contribution < 1.29 is 26.4 Å². The van der Waals surface area contributed by atoms with Crippen molar-refractivity contribution in [2.24, 2.45) is 0 Å². The minimum absolute atomic E-state index is 0.0374. The van der Waals surface area contributed by atoms with E-state index in [1.54, 1.807) is 12.1 Å². The van der Waals surface area contributed by atoms with E-state index in [0.717, 1.165) is 0 Å². The Hall–Kier alpha value is -1.65. The second-order valence-corrected chi connectivity index (χ2v) is 11.2. The van der Waals surface area contributed by atoms with Gasteiger partial charge in [-0.1, -0.05) is 0 Å². The lowest BCUT2D eigenvalue weighted by Gasteiger charge is -2.20. The van der Waals surface area contributed by atoms with Gasteiger partial charge in [-0.3, -0.25) is 4.79 Å². The first-order chi connectivity index (χ1) is 12.5. The molecule has 1 amide bonds. The van der Waals surface area contributed by atoms with Gasteiger partial charge >= 0.3 is 0 Å². The van der Waals surface area contributed by atoms with Gasteiger partial charge in [-0.2, -0.15) is 0 Å². The summed E-state index contributed by atoms with van der Waals surface area (Å²) in [6.07, 6.45) is -0.0374. The molecule has 2 N–H and O–H groups in total. The van der Waals surface area contributed by atoms with Gasteiger partial charge in [-0.25, -0.2) is 16.8 Å². The Morgan fingerprint density at radius 3 is 2.37 bits per heavy atom. The topological polar surface area (TPSA) is 119 Å². The lowest BCUT2D eigenvalue weighted by molar-refractivity contribution is -0.118. The average molecular weight is 419 g/mol. The molecule has 0 saturated carbocycles. The third-order valence-corrected chi connectivity index (χ3v) is 8.30. The number of ether oxygens (including phenoxy) is 1. The highest BCUT2D eigenvalue weighted by Crippen LogP contribution is 2.27. The monoisotopic (exact) mass is 418 g/mol. The number of carbonyl (C=O) groups is 1. The van der Waals surface area contributed by atoms with Crippen LogP contribution < -0.4 is 15.4 Å². The van der Waals surface area contributed by atoms with Gasteiger partial charge in [-0.05, 0) is 38.1 Å². The Balaban J connectivity index is 2.16. The maximum absolute atomic E-state index is 13.0. The molecule has 2 atom stereocenters. The minimum atomic E-state index is -3.84. The van der Waals surface area contributed by atoms with Crippen LogP contribution in [0.3, 0.4) is 0 Å². The van der Waals surface area contributed by atoms with E-state index < -0.39 is 36.7 Å². The molecule has 27 heavy (non-hydrogen) atoms. The van der Waals surface area contributed by atoms with Crippen molar-refractivity contribution in [3.8, 4) is 5.75 Å². The van der Waals surface area contributed by atoms with Crippen molar-refractivity contribution in [3.05, 3.63) is 24.3 Å². The van der Waals surface area contributed by atoms with Gasteiger partial charge in [0.1, 0.15) is 5.75 Å². The smallest absolute Gasteiger partial charge is 0.216 e. The number of nitrogens with one attached hydrogen (secondary N) is 2. The fourth-order valence-electron chi connectivity index (χ4n) is 2.96. The predicted molar refractivity (Wildman–Crippen MR) is 102 cm³/mol. The zero-order valence-corrected chi connectivity index (χ0v) is 17.3. The van der Waals surface area contributed by atoms with E-state index in [0.29, 0.717) is 12.3 Å². The van der Waals surface area contributed by atoms with Crippen molar-refractivity contribution in [3.63, 3.8) is 0 Å². The second-order valence-electron chi connectivity index (χ2n) is 6.84. The van der Waals surface area contributed by atoms with Crippen LogP contribution in [0.5, 0.6) is 5.75 Å². The summed E-state index contributed by atoms with van der Waals surface area (Å²) >= 11 is 0. The van der Waals surface area contributed by atoms with Crippen molar-refractivity contribution in [2.75, 3.05) is 24.6 Å². The summed E-state index contributed by atoms with van der Waals surface area (Å²) in [6, 6.07) is 5.28. The Morgan fingerprint density at radius 1 is 1.19 bits per heavy atom. The number of hydrogen-bond donors (Lipinski definition) is 2. The SMILES string of the molecule is CC(=O)NCCN[C@H]1CS(=O)(=O)C[C@@H]1S(=O)(=O)c1ccc(OC(C)C)cc1. The second kappa shape index (κ2) is 8.57. The van der Waals surface area contributed by atoms with Crippen molar-refractivity contribution >= 4 is 25.6 Å². The van der Waals surface area contributed by atoms with E-state index in [2.05, 4.69) is 10.6 Å².